The van der Waals surface area contributed by atoms with Gasteiger partial charge in [-0.2, -0.15) is 5.10 Å². The third-order valence-electron chi connectivity index (χ3n) is 5.12. The van der Waals surface area contributed by atoms with Crippen LogP contribution in [0.1, 0.15) is 27.3 Å². The van der Waals surface area contributed by atoms with Crippen LogP contribution in [0.25, 0.3) is 17.1 Å². The van der Waals surface area contributed by atoms with E-state index in [0.29, 0.717) is 18.7 Å². The average Bonchev–Trinajstić information content (AvgIpc) is 3.35. The van der Waals surface area contributed by atoms with Gasteiger partial charge in [0.05, 0.1) is 11.4 Å². The molecule has 0 spiro atoms. The lowest BCUT2D eigenvalue weighted by Crippen LogP contribution is -2.28. The molecule has 152 valence electrons. The predicted octanol–water partition coefficient (Wildman–Crippen LogP) is 3.86. The molecule has 0 aliphatic carbocycles. The van der Waals surface area contributed by atoms with Crippen LogP contribution in [-0.4, -0.2) is 31.8 Å². The summed E-state index contributed by atoms with van der Waals surface area (Å²) >= 11 is 0. The lowest BCUT2D eigenvalue weighted by molar-refractivity contribution is 0.0946. The van der Waals surface area contributed by atoms with Crippen LogP contribution in [0.15, 0.2) is 67.0 Å². The normalized spacial score (nSPS) is 10.9. The van der Waals surface area contributed by atoms with Gasteiger partial charge >= 0.3 is 0 Å². The quantitative estimate of drug-likeness (QED) is 0.535. The predicted molar refractivity (Wildman–Crippen MR) is 118 cm³/mol. The number of amides is 1. The highest BCUT2D eigenvalue weighted by Crippen LogP contribution is 2.24. The first-order valence-electron chi connectivity index (χ1n) is 10.0. The van der Waals surface area contributed by atoms with Gasteiger partial charge < -0.3 is 9.88 Å². The van der Waals surface area contributed by atoms with Gasteiger partial charge in [0.2, 0.25) is 0 Å². The van der Waals surface area contributed by atoms with Crippen LogP contribution in [0.5, 0.6) is 0 Å². The van der Waals surface area contributed by atoms with Crippen molar-refractivity contribution in [2.75, 3.05) is 6.54 Å². The van der Waals surface area contributed by atoms with Crippen LogP contribution in [0.4, 0.5) is 0 Å². The number of carbonyl (C=O) groups excluding carboxylic acids is 1. The number of carbonyl (C=O) groups is 1. The Hall–Kier alpha value is -3.67. The first kappa shape index (κ1) is 19.6. The molecule has 0 saturated carbocycles. The molecule has 4 rings (SSSR count). The molecule has 3 heterocycles. The standard InChI is InChI=1S/C24H25N5O/c1-17-9-10-21(18(2)15-17)29-23(16-20(27-29)22-8-6-14-28(22)3)24(30)26-13-11-19-7-4-5-12-25-19/h4-10,12,14-16H,11,13H2,1-3H3,(H,26,30). The minimum atomic E-state index is -0.154. The molecule has 4 aromatic rings. The molecule has 0 aliphatic heterocycles. The zero-order valence-electron chi connectivity index (χ0n) is 17.5. The van der Waals surface area contributed by atoms with Crippen molar-refractivity contribution >= 4 is 5.91 Å². The van der Waals surface area contributed by atoms with Crippen LogP contribution in [-0.2, 0) is 13.5 Å². The Bertz CT molecular complexity index is 1170. The van der Waals surface area contributed by atoms with Crippen molar-refractivity contribution in [3.8, 4) is 17.1 Å². The third kappa shape index (κ3) is 4.03. The largest absolute Gasteiger partial charge is 0.350 e. The molecular formula is C24H25N5O. The van der Waals surface area contributed by atoms with E-state index in [4.69, 9.17) is 5.10 Å². The average molecular weight is 399 g/mol. The first-order valence-corrected chi connectivity index (χ1v) is 10.0. The Labute approximate surface area is 176 Å². The minimum Gasteiger partial charge on any atom is -0.350 e. The monoisotopic (exact) mass is 399 g/mol. The second-order valence-corrected chi connectivity index (χ2v) is 7.45. The van der Waals surface area contributed by atoms with Crippen LogP contribution < -0.4 is 5.32 Å². The lowest BCUT2D eigenvalue weighted by atomic mass is 10.1. The Morgan fingerprint density at radius 1 is 1.07 bits per heavy atom. The molecule has 1 N–H and O–H groups in total. The summed E-state index contributed by atoms with van der Waals surface area (Å²) in [5.41, 5.74) is 6.32. The number of nitrogens with zero attached hydrogens (tertiary/aromatic N) is 4. The van der Waals surface area contributed by atoms with Gasteiger partial charge in [0.25, 0.3) is 5.91 Å². The molecule has 1 amide bonds. The summed E-state index contributed by atoms with van der Waals surface area (Å²) in [4.78, 5) is 17.4. The number of pyridine rings is 1. The van der Waals surface area contributed by atoms with Gasteiger partial charge in [-0.15, -0.1) is 0 Å². The molecule has 0 fully saturated rings. The number of aromatic nitrogens is 4. The van der Waals surface area contributed by atoms with Crippen LogP contribution in [0.3, 0.4) is 0 Å². The molecule has 3 aromatic heterocycles. The Morgan fingerprint density at radius 3 is 2.63 bits per heavy atom. The molecule has 0 atom stereocenters. The molecule has 0 aliphatic rings. The lowest BCUT2D eigenvalue weighted by Gasteiger charge is -2.11. The van der Waals surface area contributed by atoms with Crippen molar-refractivity contribution in [1.82, 2.24) is 24.6 Å². The highest BCUT2D eigenvalue weighted by atomic mass is 16.2. The summed E-state index contributed by atoms with van der Waals surface area (Å²) in [6.45, 7) is 4.60. The van der Waals surface area contributed by atoms with Crippen molar-refractivity contribution in [1.29, 1.82) is 0 Å². The van der Waals surface area contributed by atoms with Gasteiger partial charge in [-0.3, -0.25) is 9.78 Å². The van der Waals surface area contributed by atoms with Gasteiger partial charge in [-0.25, -0.2) is 4.68 Å². The van der Waals surface area contributed by atoms with Gasteiger partial charge in [0.15, 0.2) is 0 Å². The summed E-state index contributed by atoms with van der Waals surface area (Å²) in [6.07, 6.45) is 4.41. The Morgan fingerprint density at radius 2 is 1.93 bits per heavy atom. The fraction of sp³-hybridized carbons (Fsp3) is 0.208. The van der Waals surface area contributed by atoms with Crippen molar-refractivity contribution < 1.29 is 4.79 Å². The molecular weight excluding hydrogens is 374 g/mol. The van der Waals surface area contributed by atoms with E-state index in [0.717, 1.165) is 28.3 Å². The van der Waals surface area contributed by atoms with Crippen molar-refractivity contribution in [2.45, 2.75) is 20.3 Å². The molecule has 0 unspecified atom stereocenters. The summed E-state index contributed by atoms with van der Waals surface area (Å²) in [5, 5.41) is 7.80. The van der Waals surface area contributed by atoms with E-state index >= 15 is 0 Å². The van der Waals surface area contributed by atoms with Gasteiger partial charge in [0, 0.05) is 38.1 Å². The Kier molecular flexibility index (Phi) is 5.48. The topological polar surface area (TPSA) is 64.7 Å². The van der Waals surface area contributed by atoms with Crippen LogP contribution in [0.2, 0.25) is 0 Å². The molecule has 6 nitrogen and oxygen atoms in total. The van der Waals surface area contributed by atoms with E-state index in [-0.39, 0.29) is 5.91 Å². The molecule has 0 bridgehead atoms. The van der Waals surface area contributed by atoms with E-state index in [9.17, 15) is 4.79 Å². The maximum absolute atomic E-state index is 13.1. The van der Waals surface area contributed by atoms with Gasteiger partial charge in [0.1, 0.15) is 11.4 Å². The summed E-state index contributed by atoms with van der Waals surface area (Å²) in [5.74, 6) is -0.154. The fourth-order valence-corrected chi connectivity index (χ4v) is 3.56. The fourth-order valence-electron chi connectivity index (χ4n) is 3.56. The van der Waals surface area contributed by atoms with Crippen LogP contribution in [0, 0.1) is 13.8 Å². The zero-order chi connectivity index (χ0) is 21.1. The zero-order valence-corrected chi connectivity index (χ0v) is 17.5. The smallest absolute Gasteiger partial charge is 0.270 e. The van der Waals surface area contributed by atoms with E-state index in [2.05, 4.69) is 23.3 Å². The van der Waals surface area contributed by atoms with E-state index in [1.807, 2.05) is 73.3 Å². The second-order valence-electron chi connectivity index (χ2n) is 7.45. The van der Waals surface area contributed by atoms with E-state index in [1.54, 1.807) is 10.9 Å². The maximum atomic E-state index is 13.1. The highest BCUT2D eigenvalue weighted by molar-refractivity contribution is 5.94. The van der Waals surface area contributed by atoms with Crippen molar-refractivity contribution in [3.05, 3.63) is 89.5 Å². The number of aryl methyl sites for hydroxylation is 3. The number of benzene rings is 1. The van der Waals surface area contributed by atoms with Gasteiger partial charge in [-0.1, -0.05) is 23.8 Å². The molecule has 6 heteroatoms. The number of nitrogens with one attached hydrogen (secondary N) is 1. The molecule has 30 heavy (non-hydrogen) atoms. The van der Waals surface area contributed by atoms with E-state index in [1.165, 1.54) is 5.56 Å². The molecule has 1 aromatic carbocycles. The maximum Gasteiger partial charge on any atom is 0.270 e. The van der Waals surface area contributed by atoms with Crippen molar-refractivity contribution in [3.63, 3.8) is 0 Å². The number of hydrogen-bond acceptors (Lipinski definition) is 3. The second kappa shape index (κ2) is 8.37. The first-order chi connectivity index (χ1) is 14.5. The molecule has 0 radical (unpaired) electrons. The van der Waals surface area contributed by atoms with Crippen molar-refractivity contribution in [2.24, 2.45) is 7.05 Å². The van der Waals surface area contributed by atoms with Crippen LogP contribution >= 0.6 is 0 Å². The summed E-state index contributed by atoms with van der Waals surface area (Å²) in [6, 6.07) is 17.8. The SMILES string of the molecule is Cc1ccc(-n2nc(-c3cccn3C)cc2C(=O)NCCc2ccccn2)c(C)c1. The van der Waals surface area contributed by atoms with E-state index < -0.39 is 0 Å². The highest BCUT2D eigenvalue weighted by Gasteiger charge is 2.19. The summed E-state index contributed by atoms with van der Waals surface area (Å²) < 4.78 is 3.74. The molecule has 0 saturated heterocycles. The number of hydrogen-bond donors (Lipinski definition) is 1. The minimum absolute atomic E-state index is 0.154. The van der Waals surface area contributed by atoms with Gasteiger partial charge in [-0.05, 0) is 55.8 Å². The Balaban J connectivity index is 1.65. The summed E-state index contributed by atoms with van der Waals surface area (Å²) in [7, 11) is 1.97. The third-order valence-corrected chi connectivity index (χ3v) is 5.12. The number of rotatable bonds is 6.